The molecule has 96 valence electrons. The van der Waals surface area contributed by atoms with Crippen LogP contribution in [0.5, 0.6) is 0 Å². The number of hydrogen-bond donors (Lipinski definition) is 1. The van der Waals surface area contributed by atoms with E-state index in [9.17, 15) is 8.42 Å². The Morgan fingerprint density at radius 1 is 1.47 bits per heavy atom. The smallest absolute Gasteiger partial charge is 0.272 e. The van der Waals surface area contributed by atoms with Crippen LogP contribution in [0, 0.1) is 5.92 Å². The SMILES string of the molecule is CC(C)C1CCCN1S(=O)(=O)c1nnc(N)s1. The largest absolute Gasteiger partial charge is 0.374 e. The topological polar surface area (TPSA) is 89.2 Å². The molecule has 1 aliphatic rings. The molecule has 1 aliphatic heterocycles. The van der Waals surface area contributed by atoms with Crippen LogP contribution < -0.4 is 5.73 Å². The van der Waals surface area contributed by atoms with E-state index >= 15 is 0 Å². The standard InChI is InChI=1S/C9H16N4O2S2/c1-6(2)7-4-3-5-13(7)17(14,15)9-12-11-8(10)16-9/h6-7H,3-5H2,1-2H3,(H2,10,11). The number of sulfonamides is 1. The van der Waals surface area contributed by atoms with Crippen molar-refractivity contribution in [1.29, 1.82) is 0 Å². The maximum Gasteiger partial charge on any atom is 0.272 e. The van der Waals surface area contributed by atoms with Crippen LogP contribution in [0.15, 0.2) is 4.34 Å². The molecule has 1 atom stereocenters. The van der Waals surface area contributed by atoms with E-state index in [2.05, 4.69) is 10.2 Å². The van der Waals surface area contributed by atoms with E-state index in [1.807, 2.05) is 13.8 Å². The first kappa shape index (κ1) is 12.7. The molecule has 1 unspecified atom stereocenters. The molecule has 2 heterocycles. The molecule has 8 heteroatoms. The summed E-state index contributed by atoms with van der Waals surface area (Å²) in [5.41, 5.74) is 5.43. The summed E-state index contributed by atoms with van der Waals surface area (Å²) in [5.74, 6) is 0.303. The van der Waals surface area contributed by atoms with Gasteiger partial charge in [-0.1, -0.05) is 25.2 Å². The van der Waals surface area contributed by atoms with Crippen molar-refractivity contribution in [3.05, 3.63) is 0 Å². The van der Waals surface area contributed by atoms with Crippen LogP contribution in [0.3, 0.4) is 0 Å². The molecule has 0 aromatic carbocycles. The Kier molecular flexibility index (Phi) is 3.37. The molecule has 0 radical (unpaired) electrons. The Morgan fingerprint density at radius 3 is 2.71 bits per heavy atom. The number of nitrogens with zero attached hydrogens (tertiary/aromatic N) is 3. The van der Waals surface area contributed by atoms with Crippen molar-refractivity contribution in [2.75, 3.05) is 12.3 Å². The fourth-order valence-electron chi connectivity index (χ4n) is 2.16. The average Bonchev–Trinajstić information content (AvgIpc) is 2.84. The molecule has 1 aromatic heterocycles. The number of nitrogens with two attached hydrogens (primary N) is 1. The van der Waals surface area contributed by atoms with Crippen molar-refractivity contribution < 1.29 is 8.42 Å². The molecule has 1 aromatic rings. The fourth-order valence-corrected chi connectivity index (χ4v) is 4.88. The molecule has 0 bridgehead atoms. The Balaban J connectivity index is 2.32. The highest BCUT2D eigenvalue weighted by Crippen LogP contribution is 2.31. The van der Waals surface area contributed by atoms with Crippen molar-refractivity contribution in [2.24, 2.45) is 5.92 Å². The number of aromatic nitrogens is 2. The van der Waals surface area contributed by atoms with E-state index in [-0.39, 0.29) is 15.5 Å². The summed E-state index contributed by atoms with van der Waals surface area (Å²) >= 11 is 0.921. The van der Waals surface area contributed by atoms with Gasteiger partial charge in [-0.25, -0.2) is 8.42 Å². The van der Waals surface area contributed by atoms with E-state index in [1.54, 1.807) is 0 Å². The molecule has 0 amide bonds. The summed E-state index contributed by atoms with van der Waals surface area (Å²) in [6.07, 6.45) is 1.81. The van der Waals surface area contributed by atoms with Crippen molar-refractivity contribution >= 4 is 26.5 Å². The third-order valence-corrected chi connectivity index (χ3v) is 5.99. The number of nitrogen functional groups attached to an aromatic ring is 1. The zero-order valence-corrected chi connectivity index (χ0v) is 11.5. The van der Waals surface area contributed by atoms with Crippen LogP contribution in [-0.2, 0) is 10.0 Å². The molecule has 1 saturated heterocycles. The second-order valence-corrected chi connectivity index (χ2v) is 7.55. The molecule has 6 nitrogen and oxygen atoms in total. The van der Waals surface area contributed by atoms with Gasteiger partial charge in [0.15, 0.2) is 0 Å². The van der Waals surface area contributed by atoms with Gasteiger partial charge < -0.3 is 5.73 Å². The molecular formula is C9H16N4O2S2. The van der Waals surface area contributed by atoms with Gasteiger partial charge >= 0.3 is 0 Å². The lowest BCUT2D eigenvalue weighted by Crippen LogP contribution is -2.38. The van der Waals surface area contributed by atoms with Gasteiger partial charge in [0.2, 0.25) is 9.47 Å². The Bertz CT molecular complexity index is 497. The maximum atomic E-state index is 12.3. The summed E-state index contributed by atoms with van der Waals surface area (Å²) in [6.45, 7) is 4.63. The summed E-state index contributed by atoms with van der Waals surface area (Å²) in [7, 11) is -3.51. The molecular weight excluding hydrogens is 260 g/mol. The van der Waals surface area contributed by atoms with Gasteiger partial charge in [0.05, 0.1) is 0 Å². The number of rotatable bonds is 3. The first-order valence-corrected chi connectivity index (χ1v) is 7.79. The van der Waals surface area contributed by atoms with E-state index in [0.29, 0.717) is 12.5 Å². The van der Waals surface area contributed by atoms with Crippen LogP contribution >= 0.6 is 11.3 Å². The van der Waals surface area contributed by atoms with Crippen molar-refractivity contribution in [3.8, 4) is 0 Å². The monoisotopic (exact) mass is 276 g/mol. The highest BCUT2D eigenvalue weighted by Gasteiger charge is 2.38. The minimum absolute atomic E-state index is 0.00236. The summed E-state index contributed by atoms with van der Waals surface area (Å²) in [5, 5.41) is 7.39. The van der Waals surface area contributed by atoms with Gasteiger partial charge in [0.25, 0.3) is 10.0 Å². The van der Waals surface area contributed by atoms with Crippen molar-refractivity contribution in [3.63, 3.8) is 0 Å². The first-order chi connectivity index (χ1) is 7.93. The predicted octanol–water partition coefficient (Wildman–Crippen LogP) is 0.929. The third-order valence-electron chi connectivity index (χ3n) is 2.97. The predicted molar refractivity (Wildman–Crippen MR) is 66.1 cm³/mol. The molecule has 0 aliphatic carbocycles. The Morgan fingerprint density at radius 2 is 2.18 bits per heavy atom. The maximum absolute atomic E-state index is 12.3. The van der Waals surface area contributed by atoms with E-state index < -0.39 is 10.0 Å². The van der Waals surface area contributed by atoms with Crippen molar-refractivity contribution in [1.82, 2.24) is 14.5 Å². The van der Waals surface area contributed by atoms with Gasteiger partial charge in [-0.3, -0.25) is 0 Å². The molecule has 2 rings (SSSR count). The van der Waals surface area contributed by atoms with Crippen LogP contribution in [-0.4, -0.2) is 35.5 Å². The normalized spacial score (nSPS) is 22.4. The van der Waals surface area contributed by atoms with E-state index in [0.717, 1.165) is 24.2 Å². The van der Waals surface area contributed by atoms with Crippen molar-refractivity contribution in [2.45, 2.75) is 37.1 Å². The van der Waals surface area contributed by atoms with Crippen LogP contribution in [0.4, 0.5) is 5.13 Å². The van der Waals surface area contributed by atoms with Crippen LogP contribution in [0.25, 0.3) is 0 Å². The zero-order chi connectivity index (χ0) is 12.6. The van der Waals surface area contributed by atoms with Gasteiger partial charge in [-0.05, 0) is 18.8 Å². The van der Waals surface area contributed by atoms with Crippen LogP contribution in [0.2, 0.25) is 0 Å². The number of hydrogen-bond acceptors (Lipinski definition) is 6. The Labute approximate surface area is 105 Å². The average molecular weight is 276 g/mol. The summed E-state index contributed by atoms with van der Waals surface area (Å²) in [4.78, 5) is 0. The lowest BCUT2D eigenvalue weighted by atomic mass is 10.0. The van der Waals surface area contributed by atoms with Crippen LogP contribution in [0.1, 0.15) is 26.7 Å². The Hall–Kier alpha value is -0.730. The van der Waals surface area contributed by atoms with Gasteiger partial charge in [-0.15, -0.1) is 10.2 Å². The zero-order valence-electron chi connectivity index (χ0n) is 9.83. The quantitative estimate of drug-likeness (QED) is 0.887. The summed E-state index contributed by atoms with van der Waals surface area (Å²) < 4.78 is 26.2. The second kappa shape index (κ2) is 4.51. The second-order valence-electron chi connectivity index (χ2n) is 4.48. The minimum Gasteiger partial charge on any atom is -0.374 e. The van der Waals surface area contributed by atoms with E-state index in [4.69, 9.17) is 5.73 Å². The third kappa shape index (κ3) is 2.29. The fraction of sp³-hybridized carbons (Fsp3) is 0.778. The molecule has 0 spiro atoms. The molecule has 1 fully saturated rings. The number of anilines is 1. The highest BCUT2D eigenvalue weighted by molar-refractivity contribution is 7.91. The summed E-state index contributed by atoms with van der Waals surface area (Å²) in [6, 6.07) is 0.0603. The minimum atomic E-state index is -3.51. The first-order valence-electron chi connectivity index (χ1n) is 5.53. The van der Waals surface area contributed by atoms with Gasteiger partial charge in [-0.2, -0.15) is 4.31 Å². The molecule has 17 heavy (non-hydrogen) atoms. The van der Waals surface area contributed by atoms with E-state index in [1.165, 1.54) is 4.31 Å². The molecule has 0 saturated carbocycles. The lowest BCUT2D eigenvalue weighted by molar-refractivity contribution is 0.315. The lowest BCUT2D eigenvalue weighted by Gasteiger charge is -2.25. The highest BCUT2D eigenvalue weighted by atomic mass is 32.2. The molecule has 2 N–H and O–H groups in total. The van der Waals surface area contributed by atoms with Gasteiger partial charge in [0, 0.05) is 12.6 Å². The van der Waals surface area contributed by atoms with Gasteiger partial charge in [0.1, 0.15) is 0 Å².